The molecule has 0 unspecified atom stereocenters. The third-order valence-electron chi connectivity index (χ3n) is 0.816. The number of rotatable bonds is 1. The molecule has 18 heavy (non-hydrogen) atoms. The maximum absolute atomic E-state index is 3.56. The zero-order chi connectivity index (χ0) is 16.1. The number of hydrogen-bond acceptors (Lipinski definition) is 0. The summed E-state index contributed by atoms with van der Waals surface area (Å²) in [5.41, 5.74) is 2.33. The molecule has 0 heteroatoms. The maximum atomic E-state index is 3.56. The zero-order valence-corrected chi connectivity index (χ0v) is 15.4. The van der Waals surface area contributed by atoms with E-state index >= 15 is 0 Å². The summed E-state index contributed by atoms with van der Waals surface area (Å²) in [6, 6.07) is 0. The van der Waals surface area contributed by atoms with Crippen LogP contribution in [0.15, 0.2) is 24.3 Å². The normalized spacial score (nSPS) is 6.89. The zero-order valence-electron chi connectivity index (χ0n) is 15.4. The highest BCUT2D eigenvalue weighted by Gasteiger charge is 1.80. The van der Waals surface area contributed by atoms with E-state index in [1.165, 1.54) is 24.0 Å². The summed E-state index contributed by atoms with van der Waals surface area (Å²) in [7, 11) is 0. The Bertz CT molecular complexity index is 109. The van der Waals surface area contributed by atoms with Crippen molar-refractivity contribution in [2.45, 2.75) is 89.0 Å². The van der Waals surface area contributed by atoms with Gasteiger partial charge in [0.1, 0.15) is 0 Å². The van der Waals surface area contributed by atoms with Crippen LogP contribution in [0.4, 0.5) is 0 Å². The van der Waals surface area contributed by atoms with Crippen molar-refractivity contribution in [3.05, 3.63) is 24.3 Å². The molecule has 0 nitrogen and oxygen atoms in total. The van der Waals surface area contributed by atoms with Gasteiger partial charge in [0.15, 0.2) is 0 Å². The molecule has 0 aromatic heterocycles. The van der Waals surface area contributed by atoms with Crippen molar-refractivity contribution in [1.82, 2.24) is 0 Å². The molecule has 0 rings (SSSR count). The second-order valence-electron chi connectivity index (χ2n) is 4.92. The van der Waals surface area contributed by atoms with Crippen molar-refractivity contribution in [2.75, 3.05) is 0 Å². The molecule has 0 spiro atoms. The van der Waals surface area contributed by atoms with E-state index in [2.05, 4.69) is 47.8 Å². The van der Waals surface area contributed by atoms with Gasteiger partial charge in [-0.25, -0.2) is 0 Å². The standard InChI is InChI=1S/C5H12.2C4H8.C3H8.C2H6/c1-4-5(2)3;2*1-4(2)3;1-3-2;1-2/h5H,4H2,1-3H3;2*1H2,2-3H3;3H2,1-2H3;1-2H3. The minimum atomic E-state index is 0.884. The molecule has 0 radical (unpaired) electrons. The summed E-state index contributed by atoms with van der Waals surface area (Å²) in [5.74, 6) is 0.884. The first-order valence-electron chi connectivity index (χ1n) is 7.39. The Hall–Kier alpha value is -0.520. The molecule has 0 bridgehead atoms. The fourth-order valence-electron chi connectivity index (χ4n) is 0. The highest BCUT2D eigenvalue weighted by atomic mass is 13.9. The quantitative estimate of drug-likeness (QED) is 0.423. The predicted molar refractivity (Wildman–Crippen MR) is 93.4 cm³/mol. The first-order valence-corrected chi connectivity index (χ1v) is 7.39. The number of hydrogen-bond donors (Lipinski definition) is 0. The van der Waals surface area contributed by atoms with Gasteiger partial charge in [0, 0.05) is 0 Å². The number of allylic oxidation sites excluding steroid dienone is 2. The Balaban J connectivity index is -0.0000000404. The van der Waals surface area contributed by atoms with E-state index in [0.717, 1.165) is 5.92 Å². The lowest BCUT2D eigenvalue weighted by Gasteiger charge is -1.90. The molecule has 0 aromatic carbocycles. The summed E-state index contributed by atoms with van der Waals surface area (Å²) >= 11 is 0. The molecule has 0 aliphatic heterocycles. The lowest BCUT2D eigenvalue weighted by molar-refractivity contribution is 0.626. The average molecular weight is 259 g/mol. The fraction of sp³-hybridized carbons (Fsp3) is 0.778. The third kappa shape index (κ3) is 1480. The predicted octanol–water partition coefficient (Wildman–Crippen LogP) is 7.66. The molecule has 0 aromatic rings. The van der Waals surface area contributed by atoms with Crippen LogP contribution in [0, 0.1) is 5.92 Å². The van der Waals surface area contributed by atoms with Gasteiger partial charge in [0.25, 0.3) is 0 Å². The van der Waals surface area contributed by atoms with Gasteiger partial charge in [-0.15, -0.1) is 13.2 Å². The fourth-order valence-corrected chi connectivity index (χ4v) is 0. The van der Waals surface area contributed by atoms with Crippen LogP contribution in [0.1, 0.15) is 89.0 Å². The minimum Gasteiger partial charge on any atom is -0.100 e. The van der Waals surface area contributed by atoms with Crippen LogP contribution in [0.25, 0.3) is 0 Å². The van der Waals surface area contributed by atoms with E-state index < -0.39 is 0 Å². The van der Waals surface area contributed by atoms with Gasteiger partial charge in [-0.05, 0) is 33.6 Å². The molecule has 0 atom stereocenters. The van der Waals surface area contributed by atoms with Gasteiger partial charge in [0.2, 0.25) is 0 Å². The van der Waals surface area contributed by atoms with Crippen LogP contribution in [-0.4, -0.2) is 0 Å². The lowest BCUT2D eigenvalue weighted by atomic mass is 10.2. The first-order chi connectivity index (χ1) is 8.15. The molecule has 0 N–H and O–H groups in total. The van der Waals surface area contributed by atoms with Crippen molar-refractivity contribution < 1.29 is 0 Å². The van der Waals surface area contributed by atoms with Gasteiger partial charge < -0.3 is 0 Å². The molecular formula is C18H42. The summed E-state index contributed by atoms with van der Waals surface area (Å²) < 4.78 is 0. The molecular weight excluding hydrogens is 216 g/mol. The van der Waals surface area contributed by atoms with Gasteiger partial charge in [0.05, 0.1) is 0 Å². The van der Waals surface area contributed by atoms with Crippen LogP contribution >= 0.6 is 0 Å². The van der Waals surface area contributed by atoms with E-state index in [1.807, 2.05) is 41.5 Å². The third-order valence-corrected chi connectivity index (χ3v) is 0.816. The molecule has 0 saturated heterocycles. The average Bonchev–Trinajstić information content (AvgIpc) is 2.20. The Morgan fingerprint density at radius 3 is 0.833 bits per heavy atom. The van der Waals surface area contributed by atoms with Gasteiger partial charge in [-0.2, -0.15) is 0 Å². The van der Waals surface area contributed by atoms with E-state index in [4.69, 9.17) is 0 Å². The van der Waals surface area contributed by atoms with Crippen molar-refractivity contribution >= 4 is 0 Å². The van der Waals surface area contributed by atoms with Crippen LogP contribution in [0.2, 0.25) is 0 Å². The Kier molecular flexibility index (Phi) is 60.9. The molecule has 0 amide bonds. The summed E-state index contributed by atoms with van der Waals surface area (Å²) in [6.07, 6.45) is 2.56. The van der Waals surface area contributed by atoms with Gasteiger partial charge >= 0.3 is 0 Å². The van der Waals surface area contributed by atoms with E-state index in [-0.39, 0.29) is 0 Å². The van der Waals surface area contributed by atoms with Gasteiger partial charge in [-0.1, -0.05) is 72.5 Å². The largest absolute Gasteiger partial charge is 0.100 e. The van der Waals surface area contributed by atoms with Crippen molar-refractivity contribution in [3.8, 4) is 0 Å². The molecule has 0 saturated carbocycles. The lowest BCUT2D eigenvalue weighted by Crippen LogP contribution is -1.77. The molecule has 0 aliphatic rings. The molecule has 0 aliphatic carbocycles. The summed E-state index contributed by atoms with van der Waals surface area (Å²) in [6.45, 7) is 29.9. The van der Waals surface area contributed by atoms with Crippen LogP contribution in [-0.2, 0) is 0 Å². The van der Waals surface area contributed by atoms with Crippen LogP contribution in [0.3, 0.4) is 0 Å². The molecule has 0 fully saturated rings. The van der Waals surface area contributed by atoms with Crippen molar-refractivity contribution in [3.63, 3.8) is 0 Å². The van der Waals surface area contributed by atoms with E-state index in [1.54, 1.807) is 0 Å². The maximum Gasteiger partial charge on any atom is -0.0445 e. The Morgan fingerprint density at radius 2 is 0.833 bits per heavy atom. The van der Waals surface area contributed by atoms with Gasteiger partial charge in [-0.3, -0.25) is 0 Å². The van der Waals surface area contributed by atoms with Crippen molar-refractivity contribution in [2.24, 2.45) is 5.92 Å². The van der Waals surface area contributed by atoms with E-state index in [0.29, 0.717) is 0 Å². The monoisotopic (exact) mass is 258 g/mol. The van der Waals surface area contributed by atoms with Crippen LogP contribution in [0.5, 0.6) is 0 Å². The minimum absolute atomic E-state index is 0.884. The smallest absolute Gasteiger partial charge is 0.0445 e. The summed E-state index contributed by atoms with van der Waals surface area (Å²) in [5, 5.41) is 0. The summed E-state index contributed by atoms with van der Waals surface area (Å²) in [4.78, 5) is 0. The second-order valence-corrected chi connectivity index (χ2v) is 4.92. The Morgan fingerprint density at radius 1 is 0.778 bits per heavy atom. The topological polar surface area (TPSA) is 0 Å². The first kappa shape index (κ1) is 30.5. The van der Waals surface area contributed by atoms with Crippen LogP contribution < -0.4 is 0 Å². The second kappa shape index (κ2) is 36.0. The molecule has 0 heterocycles. The van der Waals surface area contributed by atoms with Crippen molar-refractivity contribution in [1.29, 1.82) is 0 Å². The van der Waals surface area contributed by atoms with E-state index in [9.17, 15) is 0 Å². The Labute approximate surface area is 120 Å². The molecule has 114 valence electrons. The highest BCUT2D eigenvalue weighted by molar-refractivity contribution is 4.79. The SMILES string of the molecule is C=C(C)C.C=C(C)C.CC.CCC.CCC(C)C. The highest BCUT2D eigenvalue weighted by Crippen LogP contribution is 1.93.